The Bertz CT molecular complexity index is 1310. The van der Waals surface area contributed by atoms with Gasteiger partial charge in [-0.1, -0.05) is 61.5 Å². The van der Waals surface area contributed by atoms with Crippen molar-refractivity contribution in [1.82, 2.24) is 19.7 Å². The van der Waals surface area contributed by atoms with Gasteiger partial charge in [-0.3, -0.25) is 4.79 Å². The average molecular weight is 529 g/mol. The fourth-order valence-corrected chi connectivity index (χ4v) is 5.95. The first kappa shape index (κ1) is 27.4. The van der Waals surface area contributed by atoms with E-state index in [-0.39, 0.29) is 11.7 Å². The zero-order valence-corrected chi connectivity index (χ0v) is 23.1. The predicted octanol–water partition coefficient (Wildman–Crippen LogP) is 5.96. The third-order valence-electron chi connectivity index (χ3n) is 8.09. The number of para-hydroxylation sites is 1. The Morgan fingerprint density at radius 2 is 1.82 bits per heavy atom. The van der Waals surface area contributed by atoms with Crippen molar-refractivity contribution in [1.29, 1.82) is 0 Å². The molecule has 2 aromatic carbocycles. The minimum atomic E-state index is -0.102. The highest BCUT2D eigenvalue weighted by molar-refractivity contribution is 6.07. The number of allylic oxidation sites excluding steroid dienone is 3. The molecule has 2 aliphatic rings. The molecule has 1 unspecified atom stereocenters. The second kappa shape index (κ2) is 13.2. The van der Waals surface area contributed by atoms with Gasteiger partial charge in [-0.2, -0.15) is 0 Å². The molecular weight excluding hydrogens is 487 g/mol. The highest BCUT2D eigenvalue weighted by Crippen LogP contribution is 2.26. The fraction of sp³-hybridized carbons (Fsp3) is 0.424. The van der Waals surface area contributed by atoms with E-state index in [1.807, 2.05) is 36.4 Å². The van der Waals surface area contributed by atoms with Gasteiger partial charge in [0.25, 0.3) is 5.91 Å². The summed E-state index contributed by atoms with van der Waals surface area (Å²) < 4.78 is 15.6. The highest BCUT2D eigenvalue weighted by Gasteiger charge is 2.20. The predicted molar refractivity (Wildman–Crippen MR) is 157 cm³/mol. The van der Waals surface area contributed by atoms with Crippen molar-refractivity contribution in [3.8, 4) is 0 Å². The second-order valence-corrected chi connectivity index (χ2v) is 10.9. The Balaban J connectivity index is 1.18. The van der Waals surface area contributed by atoms with E-state index >= 15 is 0 Å². The molecule has 6 heteroatoms. The Labute approximate surface area is 232 Å². The van der Waals surface area contributed by atoms with Gasteiger partial charge in [-0.05, 0) is 74.5 Å². The van der Waals surface area contributed by atoms with Gasteiger partial charge in [0.15, 0.2) is 0 Å². The van der Waals surface area contributed by atoms with Gasteiger partial charge in [0.1, 0.15) is 5.83 Å². The number of carbonyl (C=O) groups is 1. The molecular formula is C33H41FN4O. The smallest absolute Gasteiger partial charge is 0.253 e. The molecule has 0 spiro atoms. The number of halogens is 1. The Morgan fingerprint density at radius 1 is 1.00 bits per heavy atom. The second-order valence-electron chi connectivity index (χ2n) is 10.9. The maximum Gasteiger partial charge on any atom is 0.253 e. The van der Waals surface area contributed by atoms with Gasteiger partial charge < -0.3 is 19.7 Å². The number of hydrogen-bond donors (Lipinski definition) is 1. The van der Waals surface area contributed by atoms with Crippen molar-refractivity contribution < 1.29 is 9.18 Å². The molecule has 1 aliphatic carbocycles. The molecule has 0 radical (unpaired) electrons. The summed E-state index contributed by atoms with van der Waals surface area (Å²) in [7, 11) is 0. The van der Waals surface area contributed by atoms with Crippen molar-refractivity contribution in [2.75, 3.05) is 39.3 Å². The van der Waals surface area contributed by atoms with Gasteiger partial charge in [0.2, 0.25) is 0 Å². The van der Waals surface area contributed by atoms with Crippen molar-refractivity contribution in [3.05, 3.63) is 95.5 Å². The Hall–Kier alpha value is -3.22. The molecule has 1 fully saturated rings. The SMILES string of the molecule is CCc1cccc2c(C(=O)NCc3ccccc3)cn(CCCN3CCCN(CC4C=CC(F)=CC4)CC3)c12. The molecule has 3 aromatic rings. The van der Waals surface area contributed by atoms with Gasteiger partial charge in [0, 0.05) is 44.3 Å². The lowest BCUT2D eigenvalue weighted by molar-refractivity contribution is 0.0952. The molecule has 1 N–H and O–H groups in total. The van der Waals surface area contributed by atoms with E-state index in [0.717, 1.165) is 81.6 Å². The third kappa shape index (κ3) is 7.06. The molecule has 1 aromatic heterocycles. The monoisotopic (exact) mass is 528 g/mol. The largest absolute Gasteiger partial charge is 0.348 e. The fourth-order valence-electron chi connectivity index (χ4n) is 5.95. The molecule has 5 nitrogen and oxygen atoms in total. The first-order valence-corrected chi connectivity index (χ1v) is 14.5. The van der Waals surface area contributed by atoms with Crippen LogP contribution in [0.25, 0.3) is 10.9 Å². The molecule has 1 atom stereocenters. The van der Waals surface area contributed by atoms with E-state index in [2.05, 4.69) is 51.0 Å². The maximum atomic E-state index is 13.3. The summed E-state index contributed by atoms with van der Waals surface area (Å²) in [4.78, 5) is 18.4. The van der Waals surface area contributed by atoms with Crippen LogP contribution in [0.4, 0.5) is 4.39 Å². The van der Waals surface area contributed by atoms with Gasteiger partial charge >= 0.3 is 0 Å². The van der Waals surface area contributed by atoms with Crippen LogP contribution in [0.2, 0.25) is 0 Å². The molecule has 2 heterocycles. The number of carbonyl (C=O) groups excluding carboxylic acids is 1. The number of hydrogen-bond acceptors (Lipinski definition) is 3. The first-order valence-electron chi connectivity index (χ1n) is 14.5. The molecule has 0 bridgehead atoms. The molecule has 1 saturated heterocycles. The van der Waals surface area contributed by atoms with Crippen molar-refractivity contribution in [3.63, 3.8) is 0 Å². The van der Waals surface area contributed by atoms with Gasteiger partial charge in [-0.25, -0.2) is 4.39 Å². The molecule has 1 amide bonds. The summed E-state index contributed by atoms with van der Waals surface area (Å²) in [6.07, 6.45) is 11.4. The number of benzene rings is 2. The van der Waals surface area contributed by atoms with Gasteiger partial charge in [0.05, 0.1) is 11.1 Å². The molecule has 206 valence electrons. The van der Waals surface area contributed by atoms with Crippen molar-refractivity contribution in [2.45, 2.75) is 45.7 Å². The van der Waals surface area contributed by atoms with Crippen molar-refractivity contribution in [2.24, 2.45) is 5.92 Å². The number of nitrogens with one attached hydrogen (secondary N) is 1. The summed E-state index contributed by atoms with van der Waals surface area (Å²) in [6, 6.07) is 16.4. The topological polar surface area (TPSA) is 40.5 Å². The first-order chi connectivity index (χ1) is 19.1. The summed E-state index contributed by atoms with van der Waals surface area (Å²) in [5.41, 5.74) is 4.33. The lowest BCUT2D eigenvalue weighted by Gasteiger charge is -2.25. The molecule has 39 heavy (non-hydrogen) atoms. The van der Waals surface area contributed by atoms with Crippen LogP contribution in [-0.2, 0) is 19.5 Å². The lowest BCUT2D eigenvalue weighted by Crippen LogP contribution is -2.34. The summed E-state index contributed by atoms with van der Waals surface area (Å²) in [6.45, 7) is 10.0. The van der Waals surface area contributed by atoms with Crippen LogP contribution in [-0.4, -0.2) is 59.5 Å². The van der Waals surface area contributed by atoms with Crippen molar-refractivity contribution >= 4 is 16.8 Å². The van der Waals surface area contributed by atoms with E-state index in [0.29, 0.717) is 12.5 Å². The average Bonchev–Trinajstić information content (AvgIpc) is 3.20. The van der Waals surface area contributed by atoms with E-state index in [4.69, 9.17) is 0 Å². The molecule has 1 aliphatic heterocycles. The number of rotatable bonds is 10. The van der Waals surface area contributed by atoms with Crippen LogP contribution >= 0.6 is 0 Å². The summed E-state index contributed by atoms with van der Waals surface area (Å²) >= 11 is 0. The lowest BCUT2D eigenvalue weighted by atomic mass is 10.00. The Morgan fingerprint density at radius 3 is 2.62 bits per heavy atom. The molecule has 0 saturated carbocycles. The van der Waals surface area contributed by atoms with Crippen LogP contribution in [0.1, 0.15) is 47.7 Å². The zero-order valence-electron chi connectivity index (χ0n) is 23.1. The summed E-state index contributed by atoms with van der Waals surface area (Å²) in [5.74, 6) is 0.300. The zero-order chi connectivity index (χ0) is 27.0. The van der Waals surface area contributed by atoms with Crippen LogP contribution in [0.5, 0.6) is 0 Å². The van der Waals surface area contributed by atoms with Crippen LogP contribution in [0, 0.1) is 5.92 Å². The number of nitrogens with zero attached hydrogens (tertiary/aromatic N) is 3. The van der Waals surface area contributed by atoms with E-state index in [9.17, 15) is 9.18 Å². The van der Waals surface area contributed by atoms with Crippen LogP contribution in [0.3, 0.4) is 0 Å². The van der Waals surface area contributed by atoms with Crippen LogP contribution in [0.15, 0.2) is 78.8 Å². The maximum absolute atomic E-state index is 13.3. The number of fused-ring (bicyclic) bond motifs is 1. The minimum Gasteiger partial charge on any atom is -0.348 e. The van der Waals surface area contributed by atoms with Gasteiger partial charge in [-0.15, -0.1) is 0 Å². The highest BCUT2D eigenvalue weighted by atomic mass is 19.1. The number of aromatic nitrogens is 1. The standard InChI is InChI=1S/C33H41FN4O/c1-2-28-11-6-12-30-31(33(39)35-23-26-9-4-3-5-10-26)25-38(32(28)30)20-8-18-36-17-7-19-37(22-21-36)24-27-13-15-29(34)16-14-27/h3-6,9-13,15-16,25,27H,2,7-8,14,17-24H2,1H3,(H,35,39). The summed E-state index contributed by atoms with van der Waals surface area (Å²) in [5, 5.41) is 4.16. The van der Waals surface area contributed by atoms with E-state index in [1.165, 1.54) is 17.5 Å². The normalized spacial score (nSPS) is 18.7. The number of aryl methyl sites for hydroxylation is 2. The van der Waals surface area contributed by atoms with Crippen LogP contribution < -0.4 is 5.32 Å². The third-order valence-corrected chi connectivity index (χ3v) is 8.09. The quantitative estimate of drug-likeness (QED) is 0.353. The van der Waals surface area contributed by atoms with E-state index in [1.54, 1.807) is 12.2 Å². The number of amides is 1. The molecule has 5 rings (SSSR count). The minimum absolute atomic E-state index is 0.0190. The Kier molecular flexibility index (Phi) is 9.27. The van der Waals surface area contributed by atoms with E-state index < -0.39 is 0 Å².